The van der Waals surface area contributed by atoms with E-state index in [1.807, 2.05) is 31.2 Å². The number of nitrogens with zero attached hydrogens (tertiary/aromatic N) is 1. The standard InChI is InChI=1S/C16H17FN2/c1-11-3-2-4-14(19-11)10-18-16-8-5-12-9-13(17)6-7-15(12)16/h2-4,6-7,9,16,18H,5,8,10H2,1H3. The van der Waals surface area contributed by atoms with Crippen molar-refractivity contribution in [1.82, 2.24) is 10.3 Å². The number of benzene rings is 1. The van der Waals surface area contributed by atoms with E-state index in [2.05, 4.69) is 10.3 Å². The Kier molecular flexibility index (Phi) is 3.30. The topological polar surface area (TPSA) is 24.9 Å². The Balaban J connectivity index is 1.70. The minimum atomic E-state index is -0.139. The molecule has 0 bridgehead atoms. The molecule has 1 aromatic carbocycles. The first kappa shape index (κ1) is 12.3. The third-order valence-corrected chi connectivity index (χ3v) is 3.66. The van der Waals surface area contributed by atoms with E-state index in [0.717, 1.165) is 36.3 Å². The molecule has 0 saturated heterocycles. The van der Waals surface area contributed by atoms with Gasteiger partial charge in [-0.1, -0.05) is 12.1 Å². The Morgan fingerprint density at radius 3 is 3.05 bits per heavy atom. The molecular weight excluding hydrogens is 239 g/mol. The zero-order chi connectivity index (χ0) is 13.2. The number of hydrogen-bond acceptors (Lipinski definition) is 2. The molecule has 3 heteroatoms. The molecule has 0 radical (unpaired) electrons. The van der Waals surface area contributed by atoms with Crippen molar-refractivity contribution >= 4 is 0 Å². The first-order valence-electron chi connectivity index (χ1n) is 6.66. The second kappa shape index (κ2) is 5.10. The monoisotopic (exact) mass is 256 g/mol. The van der Waals surface area contributed by atoms with Gasteiger partial charge >= 0.3 is 0 Å². The van der Waals surface area contributed by atoms with E-state index in [1.165, 1.54) is 5.56 Å². The molecule has 1 atom stereocenters. The predicted molar refractivity (Wildman–Crippen MR) is 73.3 cm³/mol. The number of rotatable bonds is 3. The molecule has 0 fully saturated rings. The molecule has 3 rings (SSSR count). The number of fused-ring (bicyclic) bond motifs is 1. The Bertz CT molecular complexity index is 595. The zero-order valence-corrected chi connectivity index (χ0v) is 11.0. The maximum absolute atomic E-state index is 13.2. The second-order valence-electron chi connectivity index (χ2n) is 5.09. The van der Waals surface area contributed by atoms with Gasteiger partial charge in [-0.2, -0.15) is 0 Å². The Labute approximate surface area is 112 Å². The Morgan fingerprint density at radius 2 is 2.21 bits per heavy atom. The molecule has 1 heterocycles. The normalized spacial score (nSPS) is 17.5. The molecule has 1 unspecified atom stereocenters. The van der Waals surface area contributed by atoms with Crippen LogP contribution < -0.4 is 5.32 Å². The lowest BCUT2D eigenvalue weighted by atomic mass is 10.1. The highest BCUT2D eigenvalue weighted by Gasteiger charge is 2.22. The molecule has 1 aromatic heterocycles. The molecule has 0 saturated carbocycles. The average molecular weight is 256 g/mol. The Morgan fingerprint density at radius 1 is 1.32 bits per heavy atom. The molecule has 98 valence electrons. The minimum absolute atomic E-state index is 0.139. The summed E-state index contributed by atoms with van der Waals surface area (Å²) in [5.74, 6) is -0.139. The molecule has 1 aliphatic rings. The van der Waals surface area contributed by atoms with Gasteiger partial charge in [0, 0.05) is 18.3 Å². The lowest BCUT2D eigenvalue weighted by molar-refractivity contribution is 0.524. The van der Waals surface area contributed by atoms with Gasteiger partial charge in [0.15, 0.2) is 0 Å². The summed E-state index contributed by atoms with van der Waals surface area (Å²) in [6.45, 7) is 2.75. The lowest BCUT2D eigenvalue weighted by Crippen LogP contribution is -2.19. The van der Waals surface area contributed by atoms with Gasteiger partial charge in [0.2, 0.25) is 0 Å². The number of aryl methyl sites for hydroxylation is 2. The third-order valence-electron chi connectivity index (χ3n) is 3.66. The summed E-state index contributed by atoms with van der Waals surface area (Å²) in [6.07, 6.45) is 1.98. The Hall–Kier alpha value is -1.74. The van der Waals surface area contributed by atoms with Crippen molar-refractivity contribution in [3.05, 3.63) is 64.7 Å². The van der Waals surface area contributed by atoms with E-state index in [0.29, 0.717) is 6.04 Å². The van der Waals surface area contributed by atoms with Crippen molar-refractivity contribution in [2.75, 3.05) is 0 Å². The van der Waals surface area contributed by atoms with Crippen molar-refractivity contribution in [2.45, 2.75) is 32.4 Å². The summed E-state index contributed by atoms with van der Waals surface area (Å²) >= 11 is 0. The predicted octanol–water partition coefficient (Wildman–Crippen LogP) is 3.31. The first-order chi connectivity index (χ1) is 9.22. The SMILES string of the molecule is Cc1cccc(CNC2CCc3cc(F)ccc32)n1. The molecule has 1 aliphatic carbocycles. The van der Waals surface area contributed by atoms with Gasteiger partial charge in [0.05, 0.1) is 5.69 Å². The van der Waals surface area contributed by atoms with E-state index in [-0.39, 0.29) is 5.82 Å². The molecule has 19 heavy (non-hydrogen) atoms. The maximum Gasteiger partial charge on any atom is 0.123 e. The van der Waals surface area contributed by atoms with Crippen LogP contribution in [0.2, 0.25) is 0 Å². The van der Waals surface area contributed by atoms with Crippen molar-refractivity contribution in [3.63, 3.8) is 0 Å². The highest BCUT2D eigenvalue weighted by molar-refractivity contribution is 5.35. The molecule has 2 nitrogen and oxygen atoms in total. The third kappa shape index (κ3) is 2.66. The van der Waals surface area contributed by atoms with Crippen LogP contribution >= 0.6 is 0 Å². The largest absolute Gasteiger partial charge is 0.304 e. The quantitative estimate of drug-likeness (QED) is 0.911. The van der Waals surface area contributed by atoms with Gasteiger partial charge in [-0.15, -0.1) is 0 Å². The molecule has 0 aliphatic heterocycles. The van der Waals surface area contributed by atoms with Crippen molar-refractivity contribution in [2.24, 2.45) is 0 Å². The van der Waals surface area contributed by atoms with Crippen molar-refractivity contribution in [1.29, 1.82) is 0 Å². The van der Waals surface area contributed by atoms with Crippen LogP contribution in [0, 0.1) is 12.7 Å². The van der Waals surface area contributed by atoms with Gasteiger partial charge in [0.25, 0.3) is 0 Å². The van der Waals surface area contributed by atoms with Gasteiger partial charge in [0.1, 0.15) is 5.82 Å². The maximum atomic E-state index is 13.2. The van der Waals surface area contributed by atoms with Crippen molar-refractivity contribution in [3.8, 4) is 0 Å². The minimum Gasteiger partial charge on any atom is -0.304 e. The number of hydrogen-bond donors (Lipinski definition) is 1. The number of halogens is 1. The summed E-state index contributed by atoms with van der Waals surface area (Å²) in [6, 6.07) is 11.5. The van der Waals surface area contributed by atoms with E-state index in [4.69, 9.17) is 0 Å². The fourth-order valence-electron chi connectivity index (χ4n) is 2.72. The number of nitrogens with one attached hydrogen (secondary N) is 1. The summed E-state index contributed by atoms with van der Waals surface area (Å²) < 4.78 is 13.2. The highest BCUT2D eigenvalue weighted by Crippen LogP contribution is 2.31. The van der Waals surface area contributed by atoms with Crippen LogP contribution in [-0.2, 0) is 13.0 Å². The van der Waals surface area contributed by atoms with Gasteiger partial charge in [-0.05, 0) is 55.2 Å². The van der Waals surface area contributed by atoms with E-state index < -0.39 is 0 Å². The van der Waals surface area contributed by atoms with Crippen LogP contribution in [-0.4, -0.2) is 4.98 Å². The molecule has 1 N–H and O–H groups in total. The van der Waals surface area contributed by atoms with Crippen LogP contribution in [0.4, 0.5) is 4.39 Å². The van der Waals surface area contributed by atoms with Crippen LogP contribution in [0.3, 0.4) is 0 Å². The molecular formula is C16H17FN2. The second-order valence-corrected chi connectivity index (χ2v) is 5.09. The molecule has 2 aromatic rings. The number of aromatic nitrogens is 1. The van der Waals surface area contributed by atoms with Gasteiger partial charge < -0.3 is 5.32 Å². The van der Waals surface area contributed by atoms with Crippen molar-refractivity contribution < 1.29 is 4.39 Å². The summed E-state index contributed by atoms with van der Waals surface area (Å²) in [5, 5.41) is 3.52. The van der Waals surface area contributed by atoms with E-state index in [9.17, 15) is 4.39 Å². The fraction of sp³-hybridized carbons (Fsp3) is 0.312. The first-order valence-corrected chi connectivity index (χ1v) is 6.66. The fourth-order valence-corrected chi connectivity index (χ4v) is 2.72. The van der Waals surface area contributed by atoms with Crippen LogP contribution in [0.5, 0.6) is 0 Å². The zero-order valence-electron chi connectivity index (χ0n) is 11.0. The van der Waals surface area contributed by atoms with E-state index >= 15 is 0 Å². The average Bonchev–Trinajstić information content (AvgIpc) is 2.78. The summed E-state index contributed by atoms with van der Waals surface area (Å²) in [7, 11) is 0. The number of pyridine rings is 1. The van der Waals surface area contributed by atoms with Gasteiger partial charge in [-0.3, -0.25) is 4.98 Å². The van der Waals surface area contributed by atoms with Crippen LogP contribution in [0.15, 0.2) is 36.4 Å². The van der Waals surface area contributed by atoms with E-state index in [1.54, 1.807) is 12.1 Å². The molecule has 0 amide bonds. The smallest absolute Gasteiger partial charge is 0.123 e. The van der Waals surface area contributed by atoms with Crippen LogP contribution in [0.1, 0.15) is 35.0 Å². The van der Waals surface area contributed by atoms with Crippen LogP contribution in [0.25, 0.3) is 0 Å². The summed E-state index contributed by atoms with van der Waals surface area (Å²) in [5.41, 5.74) is 4.45. The van der Waals surface area contributed by atoms with Gasteiger partial charge in [-0.25, -0.2) is 4.39 Å². The molecule has 0 spiro atoms. The summed E-state index contributed by atoms with van der Waals surface area (Å²) in [4.78, 5) is 4.48. The highest BCUT2D eigenvalue weighted by atomic mass is 19.1. The lowest BCUT2D eigenvalue weighted by Gasteiger charge is -2.14.